The van der Waals surface area contributed by atoms with E-state index in [0.29, 0.717) is 29.8 Å². The molecule has 1 aliphatic carbocycles. The first kappa shape index (κ1) is 29.2. The SMILES string of the molecule is COc1ccc(CN(c2cccc(F)n2)S(=O)(=O)c2cc(Cl)c([C@H]3CC[C@@](CN(C)C)(OC)C3)cc2F)cc1. The van der Waals surface area contributed by atoms with Gasteiger partial charge in [0.25, 0.3) is 10.0 Å². The molecule has 210 valence electrons. The number of nitrogens with zero attached hydrogens (tertiary/aromatic N) is 3. The van der Waals surface area contributed by atoms with Crippen molar-refractivity contribution in [1.82, 2.24) is 9.88 Å². The molecular formula is C28H32ClF2N3O4S. The topological polar surface area (TPSA) is 72.0 Å². The molecule has 0 radical (unpaired) electrons. The zero-order chi connectivity index (χ0) is 28.4. The average molecular weight is 580 g/mol. The summed E-state index contributed by atoms with van der Waals surface area (Å²) in [5, 5.41) is 0.147. The number of hydrogen-bond acceptors (Lipinski definition) is 6. The number of sulfonamides is 1. The minimum Gasteiger partial charge on any atom is -0.497 e. The molecule has 1 aliphatic rings. The summed E-state index contributed by atoms with van der Waals surface area (Å²) in [6.07, 6.45) is 2.12. The average Bonchev–Trinajstić information content (AvgIpc) is 3.32. The number of rotatable bonds is 10. The van der Waals surface area contributed by atoms with Crippen LogP contribution in [0, 0.1) is 11.8 Å². The number of ether oxygens (including phenoxy) is 2. The van der Waals surface area contributed by atoms with E-state index in [-0.39, 0.29) is 23.3 Å². The van der Waals surface area contributed by atoms with Crippen molar-refractivity contribution in [3.05, 3.63) is 82.5 Å². The van der Waals surface area contributed by atoms with Crippen molar-refractivity contribution < 1.29 is 26.7 Å². The highest BCUT2D eigenvalue weighted by Crippen LogP contribution is 2.46. The van der Waals surface area contributed by atoms with E-state index in [4.69, 9.17) is 21.1 Å². The van der Waals surface area contributed by atoms with Crippen LogP contribution in [0.25, 0.3) is 0 Å². The third kappa shape index (κ3) is 6.35. The number of anilines is 1. The Balaban J connectivity index is 1.71. The molecule has 0 bridgehead atoms. The normalized spacial score (nSPS) is 19.4. The van der Waals surface area contributed by atoms with Gasteiger partial charge in [-0.1, -0.05) is 29.8 Å². The molecule has 0 unspecified atom stereocenters. The number of benzene rings is 2. The lowest BCUT2D eigenvalue weighted by molar-refractivity contribution is -0.0234. The Kier molecular flexibility index (Phi) is 8.80. The number of aromatic nitrogens is 1. The maximum Gasteiger partial charge on any atom is 0.268 e. The summed E-state index contributed by atoms with van der Waals surface area (Å²) in [4.78, 5) is 5.19. The van der Waals surface area contributed by atoms with Gasteiger partial charge < -0.3 is 14.4 Å². The number of likely N-dealkylation sites (N-methyl/N-ethyl adjacent to an activating group) is 1. The van der Waals surface area contributed by atoms with E-state index in [0.717, 1.165) is 29.3 Å². The van der Waals surface area contributed by atoms with Crippen LogP contribution in [0.4, 0.5) is 14.6 Å². The second kappa shape index (κ2) is 11.8. The van der Waals surface area contributed by atoms with E-state index < -0.39 is 32.3 Å². The van der Waals surface area contributed by atoms with Crippen LogP contribution in [-0.2, 0) is 21.3 Å². The number of hydrogen-bond donors (Lipinski definition) is 0. The third-order valence-corrected chi connectivity index (χ3v) is 9.20. The first-order valence-corrected chi connectivity index (χ1v) is 14.3. The highest BCUT2D eigenvalue weighted by atomic mass is 35.5. The molecule has 1 heterocycles. The van der Waals surface area contributed by atoms with Gasteiger partial charge in [-0.05, 0) is 86.8 Å². The highest BCUT2D eigenvalue weighted by Gasteiger charge is 2.41. The molecule has 0 saturated heterocycles. The van der Waals surface area contributed by atoms with Gasteiger partial charge >= 0.3 is 0 Å². The lowest BCUT2D eigenvalue weighted by atomic mass is 9.94. The largest absolute Gasteiger partial charge is 0.497 e. The van der Waals surface area contributed by atoms with E-state index >= 15 is 4.39 Å². The Hall–Kier alpha value is -2.79. The minimum atomic E-state index is -4.54. The Morgan fingerprint density at radius 3 is 2.44 bits per heavy atom. The lowest BCUT2D eigenvalue weighted by Gasteiger charge is -2.31. The van der Waals surface area contributed by atoms with Gasteiger partial charge in [0.2, 0.25) is 5.95 Å². The summed E-state index contributed by atoms with van der Waals surface area (Å²) in [5.74, 6) is -1.50. The number of pyridine rings is 1. The number of halogens is 3. The van der Waals surface area contributed by atoms with Crippen molar-refractivity contribution >= 4 is 27.4 Å². The fraction of sp³-hybridized carbons (Fsp3) is 0.393. The van der Waals surface area contributed by atoms with Crippen molar-refractivity contribution in [1.29, 1.82) is 0 Å². The second-order valence-corrected chi connectivity index (χ2v) is 12.3. The summed E-state index contributed by atoms with van der Waals surface area (Å²) in [5.41, 5.74) is 0.712. The van der Waals surface area contributed by atoms with E-state index in [9.17, 15) is 12.8 Å². The van der Waals surface area contributed by atoms with Crippen molar-refractivity contribution in [2.75, 3.05) is 39.2 Å². The van der Waals surface area contributed by atoms with Crippen molar-refractivity contribution in [2.24, 2.45) is 0 Å². The number of methoxy groups -OCH3 is 2. The Morgan fingerprint density at radius 1 is 1.10 bits per heavy atom. The van der Waals surface area contributed by atoms with Gasteiger partial charge in [0, 0.05) is 18.7 Å². The maximum atomic E-state index is 15.6. The Labute approximate surface area is 233 Å². The van der Waals surface area contributed by atoms with Crippen LogP contribution in [0.15, 0.2) is 59.5 Å². The van der Waals surface area contributed by atoms with Gasteiger partial charge in [-0.2, -0.15) is 4.39 Å². The molecule has 1 saturated carbocycles. The summed E-state index contributed by atoms with van der Waals surface area (Å²) in [6.45, 7) is 0.485. The molecule has 1 fully saturated rings. The zero-order valence-corrected chi connectivity index (χ0v) is 23.9. The van der Waals surface area contributed by atoms with Crippen LogP contribution in [0.5, 0.6) is 5.75 Å². The smallest absolute Gasteiger partial charge is 0.268 e. The van der Waals surface area contributed by atoms with Crippen LogP contribution in [-0.4, -0.2) is 58.8 Å². The van der Waals surface area contributed by atoms with Crippen LogP contribution in [0.3, 0.4) is 0 Å². The molecule has 3 aromatic rings. The van der Waals surface area contributed by atoms with E-state index in [1.807, 2.05) is 19.0 Å². The molecule has 7 nitrogen and oxygen atoms in total. The standard InChI is InChI=1S/C28H32ClF2N3O4S/c1-33(2)18-28(38-4)13-12-20(16-28)22-14-24(30)25(15-23(22)29)39(35,36)34(27-7-5-6-26(31)32-27)17-19-8-10-21(37-3)11-9-19/h5-11,14-15,20H,12-13,16-18H2,1-4H3/t20-,28+/m0/s1. The highest BCUT2D eigenvalue weighted by molar-refractivity contribution is 7.92. The molecule has 0 aliphatic heterocycles. The predicted molar refractivity (Wildman–Crippen MR) is 147 cm³/mol. The molecule has 0 amide bonds. The molecule has 11 heteroatoms. The van der Waals surface area contributed by atoms with Gasteiger partial charge in [0.15, 0.2) is 0 Å². The van der Waals surface area contributed by atoms with Crippen LogP contribution >= 0.6 is 11.6 Å². The first-order chi connectivity index (χ1) is 18.5. The van der Waals surface area contributed by atoms with E-state index in [1.165, 1.54) is 25.3 Å². The molecule has 1 aromatic heterocycles. The summed E-state index contributed by atoms with van der Waals surface area (Å²) in [6, 6.07) is 12.8. The second-order valence-electron chi connectivity index (χ2n) is 10.0. The van der Waals surface area contributed by atoms with Crippen LogP contribution < -0.4 is 9.04 Å². The third-order valence-electron chi connectivity index (χ3n) is 7.10. The predicted octanol–water partition coefficient (Wildman–Crippen LogP) is 5.63. The summed E-state index contributed by atoms with van der Waals surface area (Å²) >= 11 is 6.61. The van der Waals surface area contributed by atoms with Gasteiger partial charge in [-0.15, -0.1) is 0 Å². The van der Waals surface area contributed by atoms with Crippen molar-refractivity contribution in [3.8, 4) is 5.75 Å². The van der Waals surface area contributed by atoms with E-state index in [2.05, 4.69) is 4.98 Å². The molecule has 2 aromatic carbocycles. The molecular weight excluding hydrogens is 548 g/mol. The van der Waals surface area contributed by atoms with Crippen molar-refractivity contribution in [2.45, 2.75) is 42.2 Å². The maximum absolute atomic E-state index is 15.6. The van der Waals surface area contributed by atoms with Gasteiger partial charge in [-0.25, -0.2) is 22.1 Å². The zero-order valence-electron chi connectivity index (χ0n) is 22.3. The van der Waals surface area contributed by atoms with Gasteiger partial charge in [0.05, 0.1) is 19.3 Å². The fourth-order valence-corrected chi connectivity index (χ4v) is 7.08. The van der Waals surface area contributed by atoms with Crippen molar-refractivity contribution in [3.63, 3.8) is 0 Å². The minimum absolute atomic E-state index is 0.0936. The van der Waals surface area contributed by atoms with Crippen LogP contribution in [0.2, 0.25) is 5.02 Å². The quantitative estimate of drug-likeness (QED) is 0.290. The Morgan fingerprint density at radius 2 is 1.82 bits per heavy atom. The lowest BCUT2D eigenvalue weighted by Crippen LogP contribution is -2.39. The van der Waals surface area contributed by atoms with Gasteiger partial charge in [0.1, 0.15) is 22.3 Å². The van der Waals surface area contributed by atoms with E-state index in [1.54, 1.807) is 31.4 Å². The molecule has 0 spiro atoms. The molecule has 0 N–H and O–H groups in total. The first-order valence-electron chi connectivity index (χ1n) is 12.4. The van der Waals surface area contributed by atoms with Gasteiger partial charge in [-0.3, -0.25) is 0 Å². The van der Waals surface area contributed by atoms with Crippen LogP contribution in [0.1, 0.15) is 36.3 Å². The monoisotopic (exact) mass is 579 g/mol. The molecule has 4 rings (SSSR count). The summed E-state index contributed by atoms with van der Waals surface area (Å²) in [7, 11) is 2.57. The summed E-state index contributed by atoms with van der Waals surface area (Å²) < 4.78 is 69.3. The molecule has 39 heavy (non-hydrogen) atoms. The molecule has 2 atom stereocenters. The Bertz CT molecular complexity index is 1420. The fourth-order valence-electron chi connectivity index (χ4n) is 5.22.